The molecule has 9 heteroatoms. The lowest BCUT2D eigenvalue weighted by molar-refractivity contribution is -0.136. The molecule has 0 radical (unpaired) electrons. The van der Waals surface area contributed by atoms with Crippen molar-refractivity contribution in [1.82, 2.24) is 14.7 Å². The van der Waals surface area contributed by atoms with E-state index in [4.69, 9.17) is 4.99 Å². The largest absolute Gasteiger partial charge is 0.366 e. The van der Waals surface area contributed by atoms with E-state index in [2.05, 4.69) is 39.2 Å². The molecule has 0 bridgehead atoms. The summed E-state index contributed by atoms with van der Waals surface area (Å²) in [5, 5.41) is 6.47. The van der Waals surface area contributed by atoms with Gasteiger partial charge in [0.25, 0.3) is 0 Å². The van der Waals surface area contributed by atoms with Crippen LogP contribution in [0, 0.1) is 11.3 Å². The first-order valence-corrected chi connectivity index (χ1v) is 13.8. The van der Waals surface area contributed by atoms with Crippen LogP contribution >= 0.6 is 0 Å². The Bertz CT molecular complexity index is 1080. The Morgan fingerprint density at radius 2 is 1.82 bits per heavy atom. The van der Waals surface area contributed by atoms with Crippen LogP contribution in [-0.4, -0.2) is 85.5 Å². The van der Waals surface area contributed by atoms with Crippen molar-refractivity contribution in [3.05, 3.63) is 36.2 Å². The maximum absolute atomic E-state index is 13.3. The van der Waals surface area contributed by atoms with Gasteiger partial charge in [-0.2, -0.15) is 0 Å². The lowest BCUT2D eigenvalue weighted by Gasteiger charge is -2.34. The maximum atomic E-state index is 13.3. The van der Waals surface area contributed by atoms with E-state index in [1.807, 2.05) is 38.1 Å². The van der Waals surface area contributed by atoms with Crippen molar-refractivity contribution in [1.29, 1.82) is 0 Å². The van der Waals surface area contributed by atoms with E-state index in [1.165, 1.54) is 12.8 Å². The van der Waals surface area contributed by atoms with Gasteiger partial charge in [0, 0.05) is 36.9 Å². The Labute approximate surface area is 227 Å². The Morgan fingerprint density at radius 3 is 2.50 bits per heavy atom. The molecule has 2 amide bonds. The highest BCUT2D eigenvalue weighted by Gasteiger charge is 2.42. The second-order valence-electron chi connectivity index (χ2n) is 11.5. The fourth-order valence-corrected chi connectivity index (χ4v) is 5.78. The molecular formula is C29H43N7O2. The van der Waals surface area contributed by atoms with Gasteiger partial charge in [0.1, 0.15) is 12.4 Å². The third kappa shape index (κ3) is 6.43. The fraction of sp³-hybridized carbons (Fsp3) is 0.586. The molecular weight excluding hydrogens is 478 g/mol. The summed E-state index contributed by atoms with van der Waals surface area (Å²) in [4.78, 5) is 41.3. The summed E-state index contributed by atoms with van der Waals surface area (Å²) in [6.07, 6.45) is 7.97. The number of nitrogens with zero attached hydrogens (tertiary/aromatic N) is 5. The third-order valence-corrected chi connectivity index (χ3v) is 8.02. The number of carbonyl (C=O) groups excluding carboxylic acids is 2. The molecule has 1 aromatic carbocycles. The van der Waals surface area contributed by atoms with Gasteiger partial charge in [-0.15, -0.1) is 0 Å². The molecule has 2 aliphatic heterocycles. The van der Waals surface area contributed by atoms with Gasteiger partial charge in [0.15, 0.2) is 5.84 Å². The molecule has 1 aromatic rings. The number of likely N-dealkylation sites (tertiary alicyclic amines) is 1. The molecule has 4 rings (SSSR count). The fourth-order valence-electron chi connectivity index (χ4n) is 5.78. The van der Waals surface area contributed by atoms with Gasteiger partial charge < -0.3 is 25.3 Å². The predicted molar refractivity (Wildman–Crippen MR) is 154 cm³/mol. The summed E-state index contributed by atoms with van der Waals surface area (Å²) < 4.78 is 0. The van der Waals surface area contributed by atoms with E-state index in [0.717, 1.165) is 56.0 Å². The highest BCUT2D eigenvalue weighted by atomic mass is 16.2. The number of rotatable bonds is 7. The number of amides is 2. The minimum atomic E-state index is -0.553. The molecule has 1 saturated carbocycles. The number of hydrogen-bond acceptors (Lipinski definition) is 6. The molecule has 1 aliphatic carbocycles. The van der Waals surface area contributed by atoms with E-state index in [-0.39, 0.29) is 17.7 Å². The smallest absolute Gasteiger partial charge is 0.234 e. The van der Waals surface area contributed by atoms with Gasteiger partial charge >= 0.3 is 0 Å². The molecule has 2 heterocycles. The monoisotopic (exact) mass is 521 g/mol. The zero-order chi connectivity index (χ0) is 27.3. The Balaban J connectivity index is 1.51. The van der Waals surface area contributed by atoms with Crippen LogP contribution in [0.2, 0.25) is 0 Å². The summed E-state index contributed by atoms with van der Waals surface area (Å²) in [5.74, 6) is 0.952. The molecule has 206 valence electrons. The van der Waals surface area contributed by atoms with Crippen LogP contribution in [-0.2, 0) is 9.59 Å². The first kappa shape index (κ1) is 27.8. The van der Waals surface area contributed by atoms with E-state index in [0.29, 0.717) is 25.0 Å². The Hall–Kier alpha value is -3.20. The lowest BCUT2D eigenvalue weighted by Crippen LogP contribution is -2.44. The molecule has 0 unspecified atom stereocenters. The molecule has 0 aromatic heterocycles. The van der Waals surface area contributed by atoms with Crippen LogP contribution in [0.5, 0.6) is 0 Å². The molecule has 3 fully saturated rings. The van der Waals surface area contributed by atoms with Crippen molar-refractivity contribution in [2.24, 2.45) is 21.3 Å². The van der Waals surface area contributed by atoms with Crippen molar-refractivity contribution >= 4 is 35.7 Å². The quantitative estimate of drug-likeness (QED) is 0.529. The molecule has 0 spiro atoms. The van der Waals surface area contributed by atoms with Crippen molar-refractivity contribution in [3.63, 3.8) is 0 Å². The molecule has 2 saturated heterocycles. The predicted octanol–water partition coefficient (Wildman–Crippen LogP) is 4.02. The second-order valence-corrected chi connectivity index (χ2v) is 11.5. The molecule has 9 nitrogen and oxygen atoms in total. The summed E-state index contributed by atoms with van der Waals surface area (Å²) in [6.45, 7) is 10.5. The number of likely N-dealkylation sites (N-methyl/N-ethyl adjacent to an activating group) is 1. The van der Waals surface area contributed by atoms with Crippen LogP contribution in [0.3, 0.4) is 0 Å². The lowest BCUT2D eigenvalue weighted by atomic mass is 9.91. The van der Waals surface area contributed by atoms with Crippen LogP contribution in [0.15, 0.2) is 46.1 Å². The maximum Gasteiger partial charge on any atom is 0.234 e. The SMILES string of the molecule is C=N/C=C1\C(=N/CNc2cccc(NC(=O)C3CCN(C)CC3)c2)N(C2CCCC2)CC(C)(C)C(=O)N1C. The number of benzene rings is 1. The number of anilines is 2. The average molecular weight is 522 g/mol. The van der Waals surface area contributed by atoms with Gasteiger partial charge in [0.05, 0.1) is 11.6 Å². The van der Waals surface area contributed by atoms with Crippen LogP contribution in [0.1, 0.15) is 52.4 Å². The van der Waals surface area contributed by atoms with Crippen molar-refractivity contribution < 1.29 is 9.59 Å². The van der Waals surface area contributed by atoms with E-state index >= 15 is 0 Å². The zero-order valence-corrected chi connectivity index (χ0v) is 23.4. The van der Waals surface area contributed by atoms with Gasteiger partial charge in [0.2, 0.25) is 11.8 Å². The van der Waals surface area contributed by atoms with Crippen LogP contribution in [0.25, 0.3) is 0 Å². The molecule has 0 atom stereocenters. The number of piperidine rings is 1. The van der Waals surface area contributed by atoms with Crippen LogP contribution < -0.4 is 10.6 Å². The minimum absolute atomic E-state index is 0.0432. The standard InChI is InChI=1S/C29H43N7O2/c1-29(2)19-36(24-11-6-7-12-24)26(25(18-30-3)35(5)28(29)38)32-20-31-22-9-8-10-23(17-22)33-27(37)21-13-15-34(4)16-14-21/h8-10,17-18,21,24,31H,3,6-7,11-16,19-20H2,1-2,4-5H3,(H,33,37)/b25-18+,32-26+. The Morgan fingerprint density at radius 1 is 1.13 bits per heavy atom. The van der Waals surface area contributed by atoms with E-state index in [1.54, 1.807) is 18.1 Å². The summed E-state index contributed by atoms with van der Waals surface area (Å²) in [7, 11) is 3.89. The van der Waals surface area contributed by atoms with Gasteiger partial charge in [-0.1, -0.05) is 18.9 Å². The second kappa shape index (κ2) is 12.1. The zero-order valence-electron chi connectivity index (χ0n) is 23.4. The normalized spacial score (nSPS) is 23.6. The molecule has 3 aliphatic rings. The summed E-state index contributed by atoms with van der Waals surface area (Å²) in [6, 6.07) is 8.09. The molecule has 38 heavy (non-hydrogen) atoms. The summed E-state index contributed by atoms with van der Waals surface area (Å²) >= 11 is 0. The number of hydrogen-bond donors (Lipinski definition) is 2. The average Bonchev–Trinajstić information content (AvgIpc) is 3.42. The van der Waals surface area contributed by atoms with Crippen LogP contribution in [0.4, 0.5) is 11.4 Å². The highest BCUT2D eigenvalue weighted by molar-refractivity contribution is 6.04. The minimum Gasteiger partial charge on any atom is -0.366 e. The van der Waals surface area contributed by atoms with Crippen molar-refractivity contribution in [2.45, 2.75) is 58.4 Å². The van der Waals surface area contributed by atoms with Gasteiger partial charge in [-0.05, 0) is 84.6 Å². The number of amidine groups is 1. The number of carbonyl (C=O) groups is 2. The number of aliphatic imine (C=N–C) groups is 2. The van der Waals surface area contributed by atoms with E-state index < -0.39 is 5.41 Å². The third-order valence-electron chi connectivity index (χ3n) is 8.02. The number of nitrogens with one attached hydrogen (secondary N) is 2. The van der Waals surface area contributed by atoms with E-state index in [9.17, 15) is 9.59 Å². The van der Waals surface area contributed by atoms with Gasteiger partial charge in [-0.3, -0.25) is 14.6 Å². The molecule has 2 N–H and O–H groups in total. The first-order chi connectivity index (χ1) is 18.2. The van der Waals surface area contributed by atoms with Gasteiger partial charge in [-0.25, -0.2) is 4.99 Å². The summed E-state index contributed by atoms with van der Waals surface area (Å²) in [5.41, 5.74) is 1.76. The first-order valence-electron chi connectivity index (χ1n) is 13.8. The van der Waals surface area contributed by atoms with Crippen molar-refractivity contribution in [2.75, 3.05) is 51.0 Å². The Kier molecular flexibility index (Phi) is 8.87. The van der Waals surface area contributed by atoms with Crippen molar-refractivity contribution in [3.8, 4) is 0 Å². The highest BCUT2D eigenvalue weighted by Crippen LogP contribution is 2.34. The topological polar surface area (TPSA) is 92.6 Å².